The summed E-state index contributed by atoms with van der Waals surface area (Å²) in [5, 5.41) is 21.8. The molecule has 2 fully saturated rings. The molecule has 1 aromatic carbocycles. The number of benzene rings is 1. The highest BCUT2D eigenvalue weighted by molar-refractivity contribution is 6.31. The summed E-state index contributed by atoms with van der Waals surface area (Å²) in [6.45, 7) is 0. The number of carbonyl (C=O) groups excluding carboxylic acids is 1. The molecule has 0 spiro atoms. The van der Waals surface area contributed by atoms with E-state index in [1.807, 2.05) is 0 Å². The van der Waals surface area contributed by atoms with E-state index in [9.17, 15) is 27.5 Å². The number of aryl methyl sites for hydroxylation is 2. The Balaban J connectivity index is 1.37. The summed E-state index contributed by atoms with van der Waals surface area (Å²) in [6, 6.07) is 3.80. The van der Waals surface area contributed by atoms with Gasteiger partial charge >= 0.3 is 6.18 Å². The molecule has 37 heavy (non-hydrogen) atoms. The molecule has 8 nitrogen and oxygen atoms in total. The number of anilines is 2. The van der Waals surface area contributed by atoms with Crippen LogP contribution in [0, 0.1) is 17.7 Å². The molecule has 0 aliphatic heterocycles. The molecule has 13 heteroatoms. The maximum absolute atomic E-state index is 13.5. The van der Waals surface area contributed by atoms with Gasteiger partial charge in [-0.25, -0.2) is 4.39 Å². The lowest BCUT2D eigenvalue weighted by Gasteiger charge is -2.25. The minimum atomic E-state index is -4.67. The van der Waals surface area contributed by atoms with Crippen molar-refractivity contribution < 1.29 is 27.5 Å². The molecule has 0 radical (unpaired) electrons. The number of rotatable bonds is 4. The molecule has 2 aliphatic rings. The number of aromatic nitrogens is 4. The van der Waals surface area contributed by atoms with Crippen molar-refractivity contribution in [2.24, 2.45) is 25.9 Å². The molecule has 3 aromatic rings. The minimum Gasteiger partial charge on any atom is -0.385 e. The number of fused-ring (bicyclic) bond motifs is 1. The Morgan fingerprint density at radius 2 is 1.86 bits per heavy atom. The van der Waals surface area contributed by atoms with Gasteiger partial charge in [0.05, 0.1) is 16.3 Å². The van der Waals surface area contributed by atoms with E-state index in [0.29, 0.717) is 18.5 Å². The topological polar surface area (TPSA) is 111 Å². The van der Waals surface area contributed by atoms with E-state index in [1.165, 1.54) is 30.1 Å². The highest BCUT2D eigenvalue weighted by atomic mass is 35.5. The molecule has 2 unspecified atom stereocenters. The zero-order valence-corrected chi connectivity index (χ0v) is 20.7. The van der Waals surface area contributed by atoms with E-state index in [2.05, 4.69) is 15.5 Å². The van der Waals surface area contributed by atoms with Gasteiger partial charge in [0.1, 0.15) is 17.2 Å². The van der Waals surface area contributed by atoms with Crippen LogP contribution in [0.4, 0.5) is 29.1 Å². The second-order valence-electron chi connectivity index (χ2n) is 10.0. The number of nitrogens with zero attached hydrogens (tertiary/aromatic N) is 4. The zero-order valence-electron chi connectivity index (χ0n) is 20.0. The quantitative estimate of drug-likeness (QED) is 0.419. The van der Waals surface area contributed by atoms with Crippen LogP contribution in [0.15, 0.2) is 24.4 Å². The summed E-state index contributed by atoms with van der Waals surface area (Å²) >= 11 is 5.82. The number of carbonyl (C=O) groups is 1. The fourth-order valence-electron chi connectivity index (χ4n) is 5.99. The van der Waals surface area contributed by atoms with E-state index in [0.717, 1.165) is 10.7 Å². The fraction of sp³-hybridized carbons (Fsp3) is 0.458. The first-order valence-corrected chi connectivity index (χ1v) is 12.1. The lowest BCUT2D eigenvalue weighted by Crippen LogP contribution is -2.26. The van der Waals surface area contributed by atoms with Crippen LogP contribution in [-0.4, -0.2) is 30.6 Å². The van der Waals surface area contributed by atoms with E-state index >= 15 is 0 Å². The monoisotopic (exact) mass is 540 g/mol. The van der Waals surface area contributed by atoms with Gasteiger partial charge in [0.25, 0.3) is 5.91 Å². The highest BCUT2D eigenvalue weighted by Crippen LogP contribution is 2.58. The Kier molecular flexibility index (Phi) is 6.02. The Morgan fingerprint density at radius 1 is 1.22 bits per heavy atom. The summed E-state index contributed by atoms with van der Waals surface area (Å²) in [6.07, 6.45) is -2.05. The van der Waals surface area contributed by atoms with Crippen molar-refractivity contribution in [3.63, 3.8) is 0 Å². The zero-order chi connectivity index (χ0) is 26.9. The van der Waals surface area contributed by atoms with Crippen molar-refractivity contribution >= 4 is 29.0 Å². The molecule has 0 saturated heterocycles. The van der Waals surface area contributed by atoms with E-state index < -0.39 is 29.2 Å². The van der Waals surface area contributed by atoms with Crippen molar-refractivity contribution in [3.8, 4) is 0 Å². The molecule has 4 N–H and O–H groups in total. The van der Waals surface area contributed by atoms with Gasteiger partial charge in [-0.1, -0.05) is 11.6 Å². The smallest absolute Gasteiger partial charge is 0.385 e. The van der Waals surface area contributed by atoms with Crippen molar-refractivity contribution in [1.29, 1.82) is 0 Å². The maximum Gasteiger partial charge on any atom is 0.435 e. The predicted molar refractivity (Wildman–Crippen MR) is 127 cm³/mol. The number of nitrogens with one attached hydrogen (secondary N) is 1. The normalized spacial score (nSPS) is 25.5. The highest BCUT2D eigenvalue weighted by Gasteiger charge is 2.54. The van der Waals surface area contributed by atoms with Gasteiger partial charge in [-0.05, 0) is 55.7 Å². The van der Waals surface area contributed by atoms with Gasteiger partial charge in [0, 0.05) is 37.5 Å². The minimum absolute atomic E-state index is 0.0636. The van der Waals surface area contributed by atoms with Gasteiger partial charge in [-0.2, -0.15) is 23.4 Å². The molecule has 2 aliphatic carbocycles. The van der Waals surface area contributed by atoms with E-state index in [4.69, 9.17) is 17.3 Å². The molecule has 1 amide bonds. The number of hydrogen-bond acceptors (Lipinski definition) is 5. The first-order valence-electron chi connectivity index (χ1n) is 11.7. The summed E-state index contributed by atoms with van der Waals surface area (Å²) < 4.78 is 56.6. The predicted octanol–water partition coefficient (Wildman–Crippen LogP) is 4.59. The first kappa shape index (κ1) is 25.5. The van der Waals surface area contributed by atoms with Crippen LogP contribution in [0.25, 0.3) is 0 Å². The number of hydrogen-bond donors (Lipinski definition) is 3. The third-order valence-electron chi connectivity index (χ3n) is 7.55. The van der Waals surface area contributed by atoms with Gasteiger partial charge < -0.3 is 16.2 Å². The molecule has 2 saturated carbocycles. The summed E-state index contributed by atoms with van der Waals surface area (Å²) in [5.74, 6) is -1.29. The number of nitrogens with two attached hydrogens (primary N) is 1. The van der Waals surface area contributed by atoms with Crippen molar-refractivity contribution in [2.45, 2.75) is 43.4 Å². The fourth-order valence-corrected chi connectivity index (χ4v) is 6.17. The molecule has 0 bridgehead atoms. The Bertz CT molecular complexity index is 1370. The molecular weight excluding hydrogens is 516 g/mol. The van der Waals surface area contributed by atoms with Crippen LogP contribution in [0.1, 0.15) is 58.9 Å². The third-order valence-corrected chi connectivity index (χ3v) is 7.84. The standard InChI is InChI=1S/C24H25ClF4N6O2/c1-34-10-15(20(33-34)24(27,28)29)23(37)8-12-5-11(6-13(12)9-23)19-18(21(30)35(2)32-19)22(36)31-14-3-4-17(26)16(25)7-14/h3-4,7,10-13,37H,5-6,8-9,30H2,1-2H3,(H,31,36). The van der Waals surface area contributed by atoms with Gasteiger partial charge in [-0.3, -0.25) is 14.2 Å². The second-order valence-corrected chi connectivity index (χ2v) is 10.5. The Morgan fingerprint density at radius 3 is 2.46 bits per heavy atom. The molecule has 2 heterocycles. The van der Waals surface area contributed by atoms with Crippen LogP contribution in [-0.2, 0) is 25.9 Å². The van der Waals surface area contributed by atoms with Crippen LogP contribution in [0.2, 0.25) is 5.02 Å². The van der Waals surface area contributed by atoms with Gasteiger partial charge in [0.2, 0.25) is 0 Å². The molecule has 5 rings (SSSR count). The number of nitrogen functional groups attached to an aromatic ring is 1. The maximum atomic E-state index is 13.5. The average Bonchev–Trinajstić information content (AvgIpc) is 3.52. The third kappa shape index (κ3) is 4.46. The largest absolute Gasteiger partial charge is 0.435 e. The number of aliphatic hydroxyl groups is 1. The lowest BCUT2D eigenvalue weighted by atomic mass is 9.87. The first-order chi connectivity index (χ1) is 17.3. The molecule has 198 valence electrons. The van der Waals surface area contributed by atoms with Crippen LogP contribution < -0.4 is 11.1 Å². The SMILES string of the molecule is Cn1cc(C2(O)CC3CC(c4nn(C)c(N)c4C(=O)Nc4ccc(F)c(Cl)c4)CC3C2)c(C(F)(F)F)n1. The van der Waals surface area contributed by atoms with Crippen LogP contribution in [0.5, 0.6) is 0 Å². The number of alkyl halides is 3. The van der Waals surface area contributed by atoms with Crippen molar-refractivity contribution in [2.75, 3.05) is 11.1 Å². The summed E-state index contributed by atoms with van der Waals surface area (Å²) in [7, 11) is 3.01. The van der Waals surface area contributed by atoms with Crippen LogP contribution >= 0.6 is 11.6 Å². The van der Waals surface area contributed by atoms with Crippen molar-refractivity contribution in [3.05, 3.63) is 57.8 Å². The number of halogens is 5. The Labute approximate surface area is 214 Å². The second kappa shape index (κ2) is 8.73. The molecule has 2 aromatic heterocycles. The lowest BCUT2D eigenvalue weighted by molar-refractivity contribution is -0.144. The Hall–Kier alpha value is -3.12. The number of amides is 1. The van der Waals surface area contributed by atoms with Gasteiger partial charge in [-0.15, -0.1) is 0 Å². The van der Waals surface area contributed by atoms with E-state index in [1.54, 1.807) is 7.05 Å². The molecular formula is C24H25ClF4N6O2. The van der Waals surface area contributed by atoms with Crippen molar-refractivity contribution in [1.82, 2.24) is 19.6 Å². The van der Waals surface area contributed by atoms with Gasteiger partial charge in [0.15, 0.2) is 5.69 Å². The van der Waals surface area contributed by atoms with E-state index in [-0.39, 0.29) is 58.3 Å². The average molecular weight is 541 g/mol. The summed E-state index contributed by atoms with van der Waals surface area (Å²) in [4.78, 5) is 13.2. The molecule has 2 atom stereocenters. The summed E-state index contributed by atoms with van der Waals surface area (Å²) in [5.41, 5.74) is 4.24. The van der Waals surface area contributed by atoms with Crippen LogP contribution in [0.3, 0.4) is 0 Å².